The Balaban J connectivity index is 2.36. The molecule has 0 unspecified atom stereocenters. The first-order chi connectivity index (χ1) is 8.67. The molecule has 1 rings (SSSR count). The molecule has 0 aromatic heterocycles. The van der Waals surface area contributed by atoms with Crippen molar-refractivity contribution in [3.05, 3.63) is 0 Å². The van der Waals surface area contributed by atoms with Crippen molar-refractivity contribution >= 4 is 14.3 Å². The van der Waals surface area contributed by atoms with E-state index in [4.69, 9.17) is 9.16 Å². The van der Waals surface area contributed by atoms with Crippen LogP contribution in [0.4, 0.5) is 0 Å². The highest BCUT2D eigenvalue weighted by Gasteiger charge is 2.38. The van der Waals surface area contributed by atoms with Crippen molar-refractivity contribution in [2.24, 2.45) is 11.8 Å². The zero-order chi connectivity index (χ0) is 14.7. The predicted molar refractivity (Wildman–Crippen MR) is 80.6 cm³/mol. The van der Waals surface area contributed by atoms with Crippen molar-refractivity contribution in [1.29, 1.82) is 0 Å². The lowest BCUT2D eigenvalue weighted by Gasteiger charge is -2.38. The van der Waals surface area contributed by atoms with Gasteiger partial charge in [-0.25, -0.2) is 0 Å². The fraction of sp³-hybridized carbons (Fsp3) is 0.933. The topological polar surface area (TPSA) is 35.5 Å². The number of carbonyl (C=O) groups is 1. The number of ether oxygens (including phenoxy) is 1. The molecule has 3 nitrogen and oxygen atoms in total. The summed E-state index contributed by atoms with van der Waals surface area (Å²) in [6, 6.07) is 0. The van der Waals surface area contributed by atoms with Gasteiger partial charge in [0.05, 0.1) is 13.0 Å². The highest BCUT2D eigenvalue weighted by atomic mass is 28.4. The number of hydrogen-bond acceptors (Lipinski definition) is 3. The summed E-state index contributed by atoms with van der Waals surface area (Å²) < 4.78 is 11.1. The minimum atomic E-state index is -1.63. The Morgan fingerprint density at radius 1 is 1.16 bits per heavy atom. The molecule has 0 aromatic rings. The van der Waals surface area contributed by atoms with Crippen LogP contribution in [0.1, 0.15) is 46.5 Å². The summed E-state index contributed by atoms with van der Waals surface area (Å²) in [7, 11) is -0.145. The Morgan fingerprint density at radius 2 is 1.68 bits per heavy atom. The summed E-state index contributed by atoms with van der Waals surface area (Å²) in [5.74, 6) is 0.702. The van der Waals surface area contributed by atoms with Gasteiger partial charge in [0.1, 0.15) is 0 Å². The maximum absolute atomic E-state index is 11.5. The Bertz CT molecular complexity index is 299. The van der Waals surface area contributed by atoms with Crippen LogP contribution in [0.3, 0.4) is 0 Å². The van der Waals surface area contributed by atoms with E-state index in [1.807, 2.05) is 0 Å². The van der Waals surface area contributed by atoms with Gasteiger partial charge < -0.3 is 9.16 Å². The molecule has 19 heavy (non-hydrogen) atoms. The van der Waals surface area contributed by atoms with Crippen LogP contribution in [0.5, 0.6) is 0 Å². The van der Waals surface area contributed by atoms with Gasteiger partial charge in [-0.3, -0.25) is 4.79 Å². The molecule has 0 saturated heterocycles. The molecule has 1 fully saturated rings. The van der Waals surface area contributed by atoms with Gasteiger partial charge in [0.25, 0.3) is 0 Å². The summed E-state index contributed by atoms with van der Waals surface area (Å²) in [6.45, 7) is 12.3. The summed E-state index contributed by atoms with van der Waals surface area (Å²) in [4.78, 5) is 11.5. The lowest BCUT2D eigenvalue weighted by Crippen LogP contribution is -2.42. The van der Waals surface area contributed by atoms with Crippen molar-refractivity contribution in [3.63, 3.8) is 0 Å². The zero-order valence-electron chi connectivity index (χ0n) is 13.4. The maximum Gasteiger partial charge on any atom is 0.308 e. The summed E-state index contributed by atoms with van der Waals surface area (Å²) in [5.41, 5.74) is 0. The van der Waals surface area contributed by atoms with Crippen molar-refractivity contribution in [2.45, 2.75) is 64.6 Å². The van der Waals surface area contributed by atoms with Crippen LogP contribution in [0.2, 0.25) is 18.1 Å². The first kappa shape index (κ1) is 16.7. The highest BCUT2D eigenvalue weighted by molar-refractivity contribution is 6.74. The van der Waals surface area contributed by atoms with E-state index in [2.05, 4.69) is 33.9 Å². The van der Waals surface area contributed by atoms with Gasteiger partial charge in [0.15, 0.2) is 8.32 Å². The zero-order valence-corrected chi connectivity index (χ0v) is 14.4. The van der Waals surface area contributed by atoms with E-state index in [-0.39, 0.29) is 16.9 Å². The van der Waals surface area contributed by atoms with E-state index in [0.717, 1.165) is 32.3 Å². The van der Waals surface area contributed by atoms with Crippen molar-refractivity contribution in [3.8, 4) is 0 Å². The molecule has 1 aliphatic rings. The lowest BCUT2D eigenvalue weighted by atomic mass is 9.82. The standard InChI is InChI=1S/C15H30O3Si/c1-15(2,3)19(5,6)18-11-12-7-9-13(10-8-12)14(16)17-4/h12-13H,7-11H2,1-6H3/t12-,13-. The molecule has 4 heteroatoms. The lowest BCUT2D eigenvalue weighted by molar-refractivity contribution is -0.146. The second-order valence-electron chi connectivity index (χ2n) is 7.31. The fourth-order valence-electron chi connectivity index (χ4n) is 2.27. The quantitative estimate of drug-likeness (QED) is 0.579. The normalized spacial score (nSPS) is 25.2. The molecule has 1 saturated carbocycles. The third kappa shape index (κ3) is 4.60. The number of esters is 1. The average Bonchev–Trinajstić information content (AvgIpc) is 2.35. The fourth-order valence-corrected chi connectivity index (χ4v) is 3.36. The van der Waals surface area contributed by atoms with E-state index < -0.39 is 8.32 Å². The number of rotatable bonds is 4. The molecule has 0 heterocycles. The monoisotopic (exact) mass is 286 g/mol. The van der Waals surface area contributed by atoms with E-state index in [9.17, 15) is 4.79 Å². The predicted octanol–water partition coefficient (Wildman–Crippen LogP) is 3.99. The second kappa shape index (κ2) is 6.40. The second-order valence-corrected chi connectivity index (χ2v) is 12.1. The van der Waals surface area contributed by atoms with Crippen LogP contribution in [0.25, 0.3) is 0 Å². The van der Waals surface area contributed by atoms with Crippen molar-refractivity contribution in [1.82, 2.24) is 0 Å². The van der Waals surface area contributed by atoms with E-state index in [0.29, 0.717) is 5.92 Å². The van der Waals surface area contributed by atoms with E-state index in [1.165, 1.54) is 7.11 Å². The summed E-state index contributed by atoms with van der Waals surface area (Å²) in [6.07, 6.45) is 4.10. The van der Waals surface area contributed by atoms with Crippen LogP contribution >= 0.6 is 0 Å². The van der Waals surface area contributed by atoms with Gasteiger partial charge in [-0.2, -0.15) is 0 Å². The van der Waals surface area contributed by atoms with Gasteiger partial charge in [0.2, 0.25) is 0 Å². The van der Waals surface area contributed by atoms with Crippen LogP contribution in [-0.2, 0) is 14.0 Å². The molecule has 1 aliphatic carbocycles. The summed E-state index contributed by atoms with van der Waals surface area (Å²) in [5, 5.41) is 0.274. The SMILES string of the molecule is COC(=O)[C@H]1CC[C@H](CO[Si](C)(C)C(C)(C)C)CC1. The van der Waals surface area contributed by atoms with Gasteiger partial charge in [-0.1, -0.05) is 20.8 Å². The van der Waals surface area contributed by atoms with Gasteiger partial charge in [0, 0.05) is 6.61 Å². The summed E-state index contributed by atoms with van der Waals surface area (Å²) >= 11 is 0. The Kier molecular flexibility index (Phi) is 5.62. The minimum absolute atomic E-state index is 0.0382. The minimum Gasteiger partial charge on any atom is -0.469 e. The molecule has 0 aromatic carbocycles. The van der Waals surface area contributed by atoms with Crippen LogP contribution in [0, 0.1) is 11.8 Å². The third-order valence-corrected chi connectivity index (χ3v) is 9.37. The van der Waals surface area contributed by atoms with Gasteiger partial charge in [-0.05, 0) is 49.7 Å². The first-order valence-electron chi connectivity index (χ1n) is 7.39. The van der Waals surface area contributed by atoms with Crippen LogP contribution in [0.15, 0.2) is 0 Å². The molecular weight excluding hydrogens is 256 g/mol. The molecule has 112 valence electrons. The maximum atomic E-state index is 11.5. The number of carbonyl (C=O) groups excluding carboxylic acids is 1. The molecule has 0 amide bonds. The van der Waals surface area contributed by atoms with Crippen molar-refractivity contribution < 1.29 is 14.0 Å². The van der Waals surface area contributed by atoms with Crippen LogP contribution < -0.4 is 0 Å². The number of methoxy groups -OCH3 is 1. The smallest absolute Gasteiger partial charge is 0.308 e. The molecule has 0 aliphatic heterocycles. The Labute approximate surface area is 119 Å². The number of hydrogen-bond donors (Lipinski definition) is 0. The average molecular weight is 286 g/mol. The third-order valence-electron chi connectivity index (χ3n) is 4.87. The molecule has 0 bridgehead atoms. The molecule has 0 radical (unpaired) electrons. The molecule has 0 atom stereocenters. The molecular formula is C15H30O3Si. The first-order valence-corrected chi connectivity index (χ1v) is 10.3. The van der Waals surface area contributed by atoms with Gasteiger partial charge >= 0.3 is 5.97 Å². The Morgan fingerprint density at radius 3 is 2.11 bits per heavy atom. The van der Waals surface area contributed by atoms with E-state index in [1.54, 1.807) is 0 Å². The Hall–Kier alpha value is -0.353. The molecule has 0 spiro atoms. The van der Waals surface area contributed by atoms with Crippen LogP contribution in [-0.4, -0.2) is 28.0 Å². The highest BCUT2D eigenvalue weighted by Crippen LogP contribution is 2.38. The van der Waals surface area contributed by atoms with Crippen molar-refractivity contribution in [2.75, 3.05) is 13.7 Å². The van der Waals surface area contributed by atoms with Gasteiger partial charge in [-0.15, -0.1) is 0 Å². The molecule has 0 N–H and O–H groups in total. The largest absolute Gasteiger partial charge is 0.469 e. The van der Waals surface area contributed by atoms with E-state index >= 15 is 0 Å².